The molecule has 0 aromatic carbocycles. The quantitative estimate of drug-likeness (QED) is 0.650. The van der Waals surface area contributed by atoms with Crippen molar-refractivity contribution in [2.24, 2.45) is 5.84 Å². The number of nitrogens with zero attached hydrogens (tertiary/aromatic N) is 2. The fraction of sp³-hybridized carbons (Fsp3) is 0.688. The van der Waals surface area contributed by atoms with Gasteiger partial charge in [0.2, 0.25) is 0 Å². The van der Waals surface area contributed by atoms with Crippen LogP contribution in [0.4, 0.5) is 0 Å². The van der Waals surface area contributed by atoms with Crippen LogP contribution in [-0.4, -0.2) is 41.7 Å². The molecule has 116 valence electrons. The molecule has 1 aliphatic carbocycles. The molecule has 3 rings (SSSR count). The zero-order valence-electron chi connectivity index (χ0n) is 12.8. The summed E-state index contributed by atoms with van der Waals surface area (Å²) in [7, 11) is 0. The summed E-state index contributed by atoms with van der Waals surface area (Å²) in [5.41, 5.74) is 5.44. The average Bonchev–Trinajstić information content (AvgIpc) is 3.01. The predicted molar refractivity (Wildman–Crippen MR) is 82.6 cm³/mol. The van der Waals surface area contributed by atoms with E-state index in [1.807, 2.05) is 13.1 Å². The first-order valence-electron chi connectivity index (χ1n) is 7.98. The third-order valence-corrected chi connectivity index (χ3v) is 5.08. The van der Waals surface area contributed by atoms with Gasteiger partial charge in [0.05, 0.1) is 19.3 Å². The SMILES string of the molecule is Cc1ccc(C(NN)C2(N3CCOCC3)CCCC2)cn1. The van der Waals surface area contributed by atoms with Crippen molar-refractivity contribution in [3.63, 3.8) is 0 Å². The number of hydrazine groups is 1. The van der Waals surface area contributed by atoms with Crippen LogP contribution in [0.15, 0.2) is 18.3 Å². The van der Waals surface area contributed by atoms with E-state index in [0.29, 0.717) is 0 Å². The molecule has 21 heavy (non-hydrogen) atoms. The van der Waals surface area contributed by atoms with Gasteiger partial charge in [-0.15, -0.1) is 0 Å². The smallest absolute Gasteiger partial charge is 0.0658 e. The number of hydrogen-bond donors (Lipinski definition) is 2. The zero-order valence-corrected chi connectivity index (χ0v) is 12.8. The zero-order chi connectivity index (χ0) is 14.7. The molecule has 1 saturated carbocycles. The lowest BCUT2D eigenvalue weighted by atomic mass is 9.82. The van der Waals surface area contributed by atoms with Gasteiger partial charge < -0.3 is 4.74 Å². The molecule has 0 spiro atoms. The highest BCUT2D eigenvalue weighted by atomic mass is 16.5. The Morgan fingerprint density at radius 1 is 1.29 bits per heavy atom. The summed E-state index contributed by atoms with van der Waals surface area (Å²) in [6, 6.07) is 4.36. The standard InChI is InChI=1S/C16H26N4O/c1-13-4-5-14(12-18-13)15(19-17)16(6-2-3-7-16)20-8-10-21-11-9-20/h4-5,12,15,19H,2-3,6-11,17H2,1H3. The first kappa shape index (κ1) is 14.9. The normalized spacial score (nSPS) is 24.1. The van der Waals surface area contributed by atoms with Gasteiger partial charge in [0.15, 0.2) is 0 Å². The van der Waals surface area contributed by atoms with Crippen molar-refractivity contribution in [1.29, 1.82) is 0 Å². The van der Waals surface area contributed by atoms with E-state index in [9.17, 15) is 0 Å². The first-order chi connectivity index (χ1) is 10.3. The van der Waals surface area contributed by atoms with Gasteiger partial charge >= 0.3 is 0 Å². The monoisotopic (exact) mass is 290 g/mol. The van der Waals surface area contributed by atoms with Gasteiger partial charge in [-0.25, -0.2) is 0 Å². The van der Waals surface area contributed by atoms with E-state index >= 15 is 0 Å². The van der Waals surface area contributed by atoms with Crippen LogP contribution in [0.25, 0.3) is 0 Å². The highest BCUT2D eigenvalue weighted by Gasteiger charge is 2.46. The summed E-state index contributed by atoms with van der Waals surface area (Å²) in [6.45, 7) is 5.66. The first-order valence-corrected chi connectivity index (χ1v) is 7.98. The lowest BCUT2D eigenvalue weighted by Gasteiger charge is -2.48. The van der Waals surface area contributed by atoms with Gasteiger partial charge in [0.25, 0.3) is 0 Å². The van der Waals surface area contributed by atoms with Crippen LogP contribution < -0.4 is 11.3 Å². The lowest BCUT2D eigenvalue weighted by molar-refractivity contribution is -0.0364. The van der Waals surface area contributed by atoms with Gasteiger partial charge in [-0.2, -0.15) is 0 Å². The fourth-order valence-corrected chi connectivity index (χ4v) is 3.99. The van der Waals surface area contributed by atoms with Crippen molar-refractivity contribution in [1.82, 2.24) is 15.3 Å². The van der Waals surface area contributed by atoms with Crippen LogP contribution in [0.1, 0.15) is 43.0 Å². The Hall–Kier alpha value is -1.01. The Morgan fingerprint density at radius 2 is 2.00 bits per heavy atom. The van der Waals surface area contributed by atoms with Crippen LogP contribution in [0, 0.1) is 6.92 Å². The molecule has 1 unspecified atom stereocenters. The van der Waals surface area contributed by atoms with Crippen LogP contribution >= 0.6 is 0 Å². The highest BCUT2D eigenvalue weighted by molar-refractivity contribution is 5.23. The number of pyridine rings is 1. The van der Waals surface area contributed by atoms with E-state index in [1.165, 1.54) is 31.2 Å². The van der Waals surface area contributed by atoms with E-state index < -0.39 is 0 Å². The molecule has 3 N–H and O–H groups in total. The molecule has 1 aliphatic heterocycles. The maximum absolute atomic E-state index is 5.98. The number of ether oxygens (including phenoxy) is 1. The van der Waals surface area contributed by atoms with Crippen LogP contribution in [0.3, 0.4) is 0 Å². The van der Waals surface area contributed by atoms with Crippen LogP contribution in [0.2, 0.25) is 0 Å². The molecule has 0 amide bonds. The van der Waals surface area contributed by atoms with Crippen molar-refractivity contribution in [2.75, 3.05) is 26.3 Å². The van der Waals surface area contributed by atoms with Crippen molar-refractivity contribution in [3.05, 3.63) is 29.6 Å². The molecule has 0 bridgehead atoms. The maximum atomic E-state index is 5.98. The molecular weight excluding hydrogens is 264 g/mol. The number of hydrogen-bond acceptors (Lipinski definition) is 5. The molecule has 2 aliphatic rings. The molecule has 2 heterocycles. The highest BCUT2D eigenvalue weighted by Crippen LogP contribution is 2.44. The summed E-state index contributed by atoms with van der Waals surface area (Å²) in [4.78, 5) is 7.05. The van der Waals surface area contributed by atoms with Gasteiger partial charge in [-0.3, -0.25) is 21.2 Å². The van der Waals surface area contributed by atoms with Crippen LogP contribution in [-0.2, 0) is 4.74 Å². The summed E-state index contributed by atoms with van der Waals surface area (Å²) < 4.78 is 5.53. The van der Waals surface area contributed by atoms with E-state index in [-0.39, 0.29) is 11.6 Å². The minimum atomic E-state index is 0.107. The Labute approximate surface area is 126 Å². The molecule has 5 heteroatoms. The van der Waals surface area contributed by atoms with Crippen molar-refractivity contribution < 1.29 is 4.74 Å². The number of aromatic nitrogens is 1. The lowest BCUT2D eigenvalue weighted by Crippen LogP contribution is -2.59. The Morgan fingerprint density at radius 3 is 2.57 bits per heavy atom. The van der Waals surface area contributed by atoms with Gasteiger partial charge in [0, 0.05) is 30.5 Å². The summed E-state index contributed by atoms with van der Waals surface area (Å²) in [5, 5.41) is 0. The maximum Gasteiger partial charge on any atom is 0.0658 e. The minimum Gasteiger partial charge on any atom is -0.379 e. The molecule has 1 aromatic heterocycles. The molecule has 5 nitrogen and oxygen atoms in total. The van der Waals surface area contributed by atoms with Crippen molar-refractivity contribution in [3.8, 4) is 0 Å². The molecule has 2 fully saturated rings. The van der Waals surface area contributed by atoms with Crippen molar-refractivity contribution >= 4 is 0 Å². The topological polar surface area (TPSA) is 63.4 Å². The molecular formula is C16H26N4O. The third kappa shape index (κ3) is 2.83. The number of rotatable bonds is 4. The summed E-state index contributed by atoms with van der Waals surface area (Å²) in [5.74, 6) is 5.98. The summed E-state index contributed by atoms with van der Waals surface area (Å²) in [6.07, 6.45) is 6.90. The second-order valence-corrected chi connectivity index (χ2v) is 6.24. The molecule has 1 saturated heterocycles. The minimum absolute atomic E-state index is 0.107. The molecule has 0 radical (unpaired) electrons. The van der Waals surface area contributed by atoms with Gasteiger partial charge in [-0.1, -0.05) is 18.9 Å². The van der Waals surface area contributed by atoms with Gasteiger partial charge in [0.1, 0.15) is 0 Å². The average molecular weight is 290 g/mol. The van der Waals surface area contributed by atoms with E-state index in [1.54, 1.807) is 0 Å². The van der Waals surface area contributed by atoms with E-state index in [2.05, 4.69) is 27.4 Å². The van der Waals surface area contributed by atoms with Gasteiger partial charge in [-0.05, 0) is 31.4 Å². The Balaban J connectivity index is 1.91. The second kappa shape index (κ2) is 6.40. The number of aryl methyl sites for hydroxylation is 1. The molecule has 1 aromatic rings. The Bertz CT molecular complexity index is 450. The van der Waals surface area contributed by atoms with Crippen LogP contribution in [0.5, 0.6) is 0 Å². The second-order valence-electron chi connectivity index (χ2n) is 6.24. The molecule has 1 atom stereocenters. The van der Waals surface area contributed by atoms with E-state index in [4.69, 9.17) is 10.6 Å². The van der Waals surface area contributed by atoms with Crippen molar-refractivity contribution in [2.45, 2.75) is 44.2 Å². The largest absolute Gasteiger partial charge is 0.379 e. The Kier molecular flexibility index (Phi) is 4.54. The van der Waals surface area contributed by atoms with E-state index in [0.717, 1.165) is 32.0 Å². The third-order valence-electron chi connectivity index (χ3n) is 5.08. The number of nitrogens with two attached hydrogens (primary N) is 1. The predicted octanol–water partition coefficient (Wildman–Crippen LogP) is 1.54. The fourth-order valence-electron chi connectivity index (χ4n) is 3.99. The number of nitrogens with one attached hydrogen (secondary N) is 1. The number of morpholine rings is 1. The summed E-state index contributed by atoms with van der Waals surface area (Å²) >= 11 is 0.